The standard InChI is InChI=1S/C10H15N3.2ClH/c1-2-7-5-8(10(12)13)3-4-9(7)6-11;;/h3-5H,2,6,11H2,1H3,(H3,12,13);2*1H. The normalized spacial score (nSPS) is 8.67. The van der Waals surface area contributed by atoms with Crippen molar-refractivity contribution in [2.75, 3.05) is 0 Å². The number of benzene rings is 1. The number of halogens is 2. The molecule has 0 heterocycles. The van der Waals surface area contributed by atoms with Crippen LogP contribution >= 0.6 is 24.8 Å². The van der Waals surface area contributed by atoms with Crippen molar-refractivity contribution in [3.63, 3.8) is 0 Å². The Morgan fingerprint density at radius 2 is 1.87 bits per heavy atom. The Morgan fingerprint density at radius 3 is 2.27 bits per heavy atom. The lowest BCUT2D eigenvalue weighted by atomic mass is 10.0. The van der Waals surface area contributed by atoms with Crippen LogP contribution in [0.4, 0.5) is 0 Å². The van der Waals surface area contributed by atoms with Crippen molar-refractivity contribution in [3.05, 3.63) is 34.9 Å². The SMILES string of the molecule is CCc1cc(C(=N)N)ccc1CN.Cl.Cl. The van der Waals surface area contributed by atoms with E-state index in [1.165, 1.54) is 5.56 Å². The number of rotatable bonds is 3. The average molecular weight is 250 g/mol. The third kappa shape index (κ3) is 4.08. The Kier molecular flexibility index (Phi) is 8.34. The zero-order valence-electron chi connectivity index (χ0n) is 8.62. The fourth-order valence-corrected chi connectivity index (χ4v) is 1.32. The molecular weight excluding hydrogens is 233 g/mol. The Morgan fingerprint density at radius 1 is 1.27 bits per heavy atom. The summed E-state index contributed by atoms with van der Waals surface area (Å²) in [6.45, 7) is 2.61. The number of nitrogens with two attached hydrogens (primary N) is 2. The molecule has 0 aliphatic heterocycles. The van der Waals surface area contributed by atoms with Gasteiger partial charge in [0, 0.05) is 12.1 Å². The summed E-state index contributed by atoms with van der Waals surface area (Å²) in [6.07, 6.45) is 0.924. The van der Waals surface area contributed by atoms with Gasteiger partial charge in [-0.1, -0.05) is 19.1 Å². The van der Waals surface area contributed by atoms with Crippen LogP contribution in [0.15, 0.2) is 18.2 Å². The first-order valence-corrected chi connectivity index (χ1v) is 4.35. The summed E-state index contributed by atoms with van der Waals surface area (Å²) < 4.78 is 0. The smallest absolute Gasteiger partial charge is 0.122 e. The molecule has 0 fully saturated rings. The average Bonchev–Trinajstić information content (AvgIpc) is 2.16. The van der Waals surface area contributed by atoms with Crippen LogP contribution in [0, 0.1) is 5.41 Å². The molecule has 0 spiro atoms. The van der Waals surface area contributed by atoms with Gasteiger partial charge in [-0.15, -0.1) is 24.8 Å². The molecule has 5 N–H and O–H groups in total. The molecule has 0 radical (unpaired) electrons. The minimum Gasteiger partial charge on any atom is -0.384 e. The van der Waals surface area contributed by atoms with E-state index < -0.39 is 0 Å². The van der Waals surface area contributed by atoms with E-state index in [1.807, 2.05) is 18.2 Å². The van der Waals surface area contributed by atoms with E-state index in [4.69, 9.17) is 16.9 Å². The third-order valence-corrected chi connectivity index (χ3v) is 2.12. The van der Waals surface area contributed by atoms with Crippen LogP contribution in [0.3, 0.4) is 0 Å². The molecule has 3 nitrogen and oxygen atoms in total. The maximum Gasteiger partial charge on any atom is 0.122 e. The highest BCUT2D eigenvalue weighted by molar-refractivity contribution is 5.95. The second-order valence-electron chi connectivity index (χ2n) is 2.95. The molecule has 1 aromatic rings. The number of hydrogen-bond acceptors (Lipinski definition) is 2. The first-order chi connectivity index (χ1) is 6.19. The van der Waals surface area contributed by atoms with Crippen molar-refractivity contribution in [2.24, 2.45) is 11.5 Å². The zero-order chi connectivity index (χ0) is 9.84. The van der Waals surface area contributed by atoms with Gasteiger partial charge in [-0.05, 0) is 23.6 Å². The van der Waals surface area contributed by atoms with E-state index in [1.54, 1.807) is 0 Å². The van der Waals surface area contributed by atoms with Crippen LogP contribution in [0.2, 0.25) is 0 Å². The Balaban J connectivity index is 0. The van der Waals surface area contributed by atoms with E-state index in [2.05, 4.69) is 6.92 Å². The van der Waals surface area contributed by atoms with E-state index in [0.717, 1.165) is 17.5 Å². The monoisotopic (exact) mass is 249 g/mol. The molecule has 0 atom stereocenters. The molecule has 0 unspecified atom stereocenters. The zero-order valence-corrected chi connectivity index (χ0v) is 10.3. The molecule has 5 heteroatoms. The van der Waals surface area contributed by atoms with Crippen molar-refractivity contribution in [1.29, 1.82) is 5.41 Å². The highest BCUT2D eigenvalue weighted by Crippen LogP contribution is 2.11. The topological polar surface area (TPSA) is 75.9 Å². The molecule has 0 aliphatic carbocycles. The minimum absolute atomic E-state index is 0. The molecule has 0 amide bonds. The molecule has 0 saturated carbocycles. The van der Waals surface area contributed by atoms with Gasteiger partial charge in [0.2, 0.25) is 0 Å². The second kappa shape index (κ2) is 7.51. The molecule has 86 valence electrons. The fraction of sp³-hybridized carbons (Fsp3) is 0.300. The maximum atomic E-state index is 7.28. The molecule has 1 aromatic carbocycles. The van der Waals surface area contributed by atoms with Gasteiger partial charge < -0.3 is 11.5 Å². The number of aryl methyl sites for hydroxylation is 1. The lowest BCUT2D eigenvalue weighted by Gasteiger charge is -2.07. The Hall–Kier alpha value is -0.770. The molecule has 1 rings (SSSR count). The molecule has 0 bridgehead atoms. The summed E-state index contributed by atoms with van der Waals surface area (Å²) in [7, 11) is 0. The van der Waals surface area contributed by atoms with Gasteiger partial charge in [0.25, 0.3) is 0 Å². The van der Waals surface area contributed by atoms with Gasteiger partial charge in [-0.3, -0.25) is 5.41 Å². The predicted molar refractivity (Wildman–Crippen MR) is 69.2 cm³/mol. The molecule has 0 saturated heterocycles. The van der Waals surface area contributed by atoms with Crippen LogP contribution in [-0.2, 0) is 13.0 Å². The Labute approximate surface area is 103 Å². The van der Waals surface area contributed by atoms with Crippen LogP contribution in [0.1, 0.15) is 23.6 Å². The Bertz CT molecular complexity index is 326. The predicted octanol–water partition coefficient (Wildman–Crippen LogP) is 1.84. The van der Waals surface area contributed by atoms with Gasteiger partial charge in [0.1, 0.15) is 5.84 Å². The summed E-state index contributed by atoms with van der Waals surface area (Å²) in [5.41, 5.74) is 14.0. The lowest BCUT2D eigenvalue weighted by molar-refractivity contribution is 1.00. The number of nitrogen functional groups attached to an aromatic ring is 1. The number of hydrogen-bond donors (Lipinski definition) is 3. The van der Waals surface area contributed by atoms with E-state index in [-0.39, 0.29) is 30.6 Å². The molecule has 0 aromatic heterocycles. The van der Waals surface area contributed by atoms with E-state index >= 15 is 0 Å². The van der Waals surface area contributed by atoms with Crippen molar-refractivity contribution < 1.29 is 0 Å². The summed E-state index contributed by atoms with van der Waals surface area (Å²) in [5.74, 6) is 0.110. The van der Waals surface area contributed by atoms with Crippen molar-refractivity contribution in [1.82, 2.24) is 0 Å². The van der Waals surface area contributed by atoms with E-state index in [0.29, 0.717) is 6.54 Å². The van der Waals surface area contributed by atoms with E-state index in [9.17, 15) is 0 Å². The fourth-order valence-electron chi connectivity index (χ4n) is 1.32. The summed E-state index contributed by atoms with van der Waals surface area (Å²) >= 11 is 0. The van der Waals surface area contributed by atoms with Crippen LogP contribution < -0.4 is 11.5 Å². The van der Waals surface area contributed by atoms with Crippen LogP contribution in [0.25, 0.3) is 0 Å². The molecule has 15 heavy (non-hydrogen) atoms. The first-order valence-electron chi connectivity index (χ1n) is 4.35. The highest BCUT2D eigenvalue weighted by Gasteiger charge is 2.02. The minimum atomic E-state index is 0. The number of amidine groups is 1. The van der Waals surface area contributed by atoms with Crippen LogP contribution in [-0.4, -0.2) is 5.84 Å². The lowest BCUT2D eigenvalue weighted by Crippen LogP contribution is -2.12. The summed E-state index contributed by atoms with van der Waals surface area (Å²) in [4.78, 5) is 0. The summed E-state index contributed by atoms with van der Waals surface area (Å²) in [6, 6.07) is 5.71. The summed E-state index contributed by atoms with van der Waals surface area (Å²) in [5, 5.41) is 7.28. The highest BCUT2D eigenvalue weighted by atomic mass is 35.5. The van der Waals surface area contributed by atoms with Crippen molar-refractivity contribution in [2.45, 2.75) is 19.9 Å². The number of nitrogens with one attached hydrogen (secondary N) is 1. The van der Waals surface area contributed by atoms with Gasteiger partial charge in [-0.2, -0.15) is 0 Å². The molecule has 0 aliphatic rings. The van der Waals surface area contributed by atoms with Gasteiger partial charge >= 0.3 is 0 Å². The first kappa shape index (κ1) is 16.7. The van der Waals surface area contributed by atoms with Gasteiger partial charge in [0.15, 0.2) is 0 Å². The van der Waals surface area contributed by atoms with Crippen molar-refractivity contribution >= 4 is 30.6 Å². The van der Waals surface area contributed by atoms with Gasteiger partial charge in [-0.25, -0.2) is 0 Å². The maximum absolute atomic E-state index is 7.28. The van der Waals surface area contributed by atoms with Gasteiger partial charge in [0.05, 0.1) is 0 Å². The third-order valence-electron chi connectivity index (χ3n) is 2.12. The molecular formula is C10H17Cl2N3. The van der Waals surface area contributed by atoms with Crippen molar-refractivity contribution in [3.8, 4) is 0 Å². The largest absolute Gasteiger partial charge is 0.384 e. The van der Waals surface area contributed by atoms with Crippen LogP contribution in [0.5, 0.6) is 0 Å². The quantitative estimate of drug-likeness (QED) is 0.565. The second-order valence-corrected chi connectivity index (χ2v) is 2.95.